The summed E-state index contributed by atoms with van der Waals surface area (Å²) in [6.07, 6.45) is -4.67. The number of likely N-dealkylation sites (N-methyl/N-ethyl adjacent to an activating group) is 1. The molecule has 0 fully saturated rings. The molecular formula is C18H18ClF3N2O3S. The van der Waals surface area contributed by atoms with Gasteiger partial charge in [0.1, 0.15) is 0 Å². The number of carbonyl (C=O) groups excluding carboxylic acids is 1. The molecule has 10 heteroatoms. The van der Waals surface area contributed by atoms with Crippen molar-refractivity contribution in [3.63, 3.8) is 0 Å². The molecule has 0 radical (unpaired) electrons. The molecular weight excluding hydrogens is 417 g/mol. The zero-order valence-corrected chi connectivity index (χ0v) is 16.6. The Morgan fingerprint density at radius 2 is 1.82 bits per heavy atom. The molecule has 2 rings (SSSR count). The number of alkyl halides is 3. The molecule has 0 spiro atoms. The first-order valence-corrected chi connectivity index (χ1v) is 9.96. The monoisotopic (exact) mass is 434 g/mol. The van der Waals surface area contributed by atoms with Crippen molar-refractivity contribution in [1.82, 2.24) is 9.62 Å². The van der Waals surface area contributed by atoms with Gasteiger partial charge in [-0.15, -0.1) is 0 Å². The van der Waals surface area contributed by atoms with Crippen LogP contribution in [0.4, 0.5) is 13.2 Å². The van der Waals surface area contributed by atoms with E-state index in [4.69, 9.17) is 11.6 Å². The number of nitrogens with one attached hydrogen (secondary N) is 1. The first-order valence-electron chi connectivity index (χ1n) is 8.10. The number of halogens is 4. The second kappa shape index (κ2) is 8.50. The van der Waals surface area contributed by atoms with Crippen molar-refractivity contribution in [2.45, 2.75) is 24.0 Å². The fourth-order valence-electron chi connectivity index (χ4n) is 2.41. The second-order valence-electron chi connectivity index (χ2n) is 6.09. The highest BCUT2D eigenvalue weighted by molar-refractivity contribution is 7.89. The van der Waals surface area contributed by atoms with Gasteiger partial charge >= 0.3 is 6.18 Å². The Labute approximate surface area is 166 Å². The van der Waals surface area contributed by atoms with E-state index in [2.05, 4.69) is 0 Å². The molecule has 2 aromatic carbocycles. The third kappa shape index (κ3) is 5.46. The molecule has 1 unspecified atom stereocenters. The third-order valence-corrected chi connectivity index (χ3v) is 5.82. The van der Waals surface area contributed by atoms with Crippen LogP contribution in [0.25, 0.3) is 0 Å². The van der Waals surface area contributed by atoms with Crippen molar-refractivity contribution in [3.8, 4) is 0 Å². The van der Waals surface area contributed by atoms with E-state index >= 15 is 0 Å². The summed E-state index contributed by atoms with van der Waals surface area (Å²) in [5.41, 5.74) is -0.336. The summed E-state index contributed by atoms with van der Waals surface area (Å²) in [6, 6.07) is 9.79. The van der Waals surface area contributed by atoms with Gasteiger partial charge in [-0.1, -0.05) is 29.8 Å². The Balaban J connectivity index is 2.09. The standard InChI is InChI=1S/C18H18ClF3N2O3S/c1-12(13-5-3-7-15(19)9-13)24(2)17(25)11-23-28(26,27)16-8-4-6-14(10-16)18(20,21)22/h3-10,12,23H,11H2,1-2H3. The van der Waals surface area contributed by atoms with E-state index < -0.39 is 39.1 Å². The number of hydrogen-bond acceptors (Lipinski definition) is 3. The highest BCUT2D eigenvalue weighted by Crippen LogP contribution is 2.30. The predicted octanol–water partition coefficient (Wildman–Crippen LogP) is 3.86. The van der Waals surface area contributed by atoms with Gasteiger partial charge in [-0.05, 0) is 42.8 Å². The number of benzene rings is 2. The zero-order valence-electron chi connectivity index (χ0n) is 15.0. The molecule has 0 aliphatic rings. The quantitative estimate of drug-likeness (QED) is 0.750. The fraction of sp³-hybridized carbons (Fsp3) is 0.278. The van der Waals surface area contributed by atoms with Crippen LogP contribution in [0.5, 0.6) is 0 Å². The Kier molecular flexibility index (Phi) is 6.74. The van der Waals surface area contributed by atoms with Crippen molar-refractivity contribution in [1.29, 1.82) is 0 Å². The Bertz CT molecular complexity index is 965. The van der Waals surface area contributed by atoms with Crippen LogP contribution in [0.1, 0.15) is 24.1 Å². The summed E-state index contributed by atoms with van der Waals surface area (Å²) < 4.78 is 64.9. The van der Waals surface area contributed by atoms with Gasteiger partial charge in [0, 0.05) is 12.1 Å². The zero-order chi connectivity index (χ0) is 21.1. The molecule has 0 aliphatic carbocycles. The van der Waals surface area contributed by atoms with E-state index in [1.54, 1.807) is 31.2 Å². The molecule has 28 heavy (non-hydrogen) atoms. The van der Waals surface area contributed by atoms with Crippen LogP contribution in [0.2, 0.25) is 5.02 Å². The van der Waals surface area contributed by atoms with E-state index in [0.29, 0.717) is 11.1 Å². The molecule has 1 amide bonds. The van der Waals surface area contributed by atoms with E-state index in [9.17, 15) is 26.4 Å². The number of hydrogen-bond donors (Lipinski definition) is 1. The van der Waals surface area contributed by atoms with Crippen LogP contribution in [0.15, 0.2) is 53.4 Å². The minimum Gasteiger partial charge on any atom is -0.338 e. The van der Waals surface area contributed by atoms with Crippen LogP contribution in [0.3, 0.4) is 0 Å². The minimum atomic E-state index is -4.67. The van der Waals surface area contributed by atoms with Crippen molar-refractivity contribution in [3.05, 3.63) is 64.7 Å². The van der Waals surface area contributed by atoms with Crippen molar-refractivity contribution < 1.29 is 26.4 Å². The summed E-state index contributed by atoms with van der Waals surface area (Å²) in [5.74, 6) is -0.553. The van der Waals surface area contributed by atoms with Crippen LogP contribution in [-0.2, 0) is 21.0 Å². The molecule has 1 atom stereocenters. The minimum absolute atomic E-state index is 0.385. The maximum atomic E-state index is 12.8. The first-order chi connectivity index (χ1) is 12.9. The Morgan fingerprint density at radius 3 is 2.43 bits per heavy atom. The average molecular weight is 435 g/mol. The third-order valence-electron chi connectivity index (χ3n) is 4.19. The molecule has 152 valence electrons. The van der Waals surface area contributed by atoms with Gasteiger partial charge in [0.05, 0.1) is 23.0 Å². The van der Waals surface area contributed by atoms with Gasteiger partial charge in [0.2, 0.25) is 15.9 Å². The van der Waals surface area contributed by atoms with E-state index in [1.807, 2.05) is 4.72 Å². The Morgan fingerprint density at radius 1 is 1.18 bits per heavy atom. The molecule has 0 aromatic heterocycles. The van der Waals surface area contributed by atoms with Crippen LogP contribution >= 0.6 is 11.6 Å². The molecule has 0 saturated heterocycles. The number of nitrogens with zero attached hydrogens (tertiary/aromatic N) is 1. The van der Waals surface area contributed by atoms with Crippen LogP contribution < -0.4 is 4.72 Å². The summed E-state index contributed by atoms with van der Waals surface area (Å²) in [5, 5.41) is 0.496. The van der Waals surface area contributed by atoms with Crippen molar-refractivity contribution in [2.75, 3.05) is 13.6 Å². The maximum Gasteiger partial charge on any atom is 0.416 e. The summed E-state index contributed by atoms with van der Waals surface area (Å²) in [4.78, 5) is 13.1. The number of amides is 1. The fourth-order valence-corrected chi connectivity index (χ4v) is 3.63. The molecule has 0 bridgehead atoms. The predicted molar refractivity (Wildman–Crippen MR) is 99.3 cm³/mol. The normalized spacial score (nSPS) is 13.2. The van der Waals surface area contributed by atoms with E-state index in [-0.39, 0.29) is 6.04 Å². The van der Waals surface area contributed by atoms with Gasteiger partial charge < -0.3 is 4.90 Å². The SMILES string of the molecule is CC(c1cccc(Cl)c1)N(C)C(=O)CNS(=O)(=O)c1cccc(C(F)(F)F)c1. The largest absolute Gasteiger partial charge is 0.416 e. The molecule has 1 N–H and O–H groups in total. The smallest absolute Gasteiger partial charge is 0.338 e. The van der Waals surface area contributed by atoms with Gasteiger partial charge in [-0.2, -0.15) is 13.2 Å². The lowest BCUT2D eigenvalue weighted by molar-refractivity contribution is -0.137. The average Bonchev–Trinajstić information content (AvgIpc) is 2.64. The summed E-state index contributed by atoms with van der Waals surface area (Å²) in [7, 11) is -2.79. The van der Waals surface area contributed by atoms with Crippen molar-refractivity contribution >= 4 is 27.5 Å². The molecule has 0 aliphatic heterocycles. The Hall–Kier alpha value is -2.10. The lowest BCUT2D eigenvalue weighted by Crippen LogP contribution is -2.39. The van der Waals surface area contributed by atoms with Crippen LogP contribution in [-0.4, -0.2) is 32.8 Å². The number of carbonyl (C=O) groups is 1. The molecule has 0 saturated carbocycles. The van der Waals surface area contributed by atoms with Gasteiger partial charge in [-0.3, -0.25) is 4.79 Å². The maximum absolute atomic E-state index is 12.8. The number of rotatable bonds is 6. The molecule has 5 nitrogen and oxygen atoms in total. The lowest BCUT2D eigenvalue weighted by Gasteiger charge is -2.25. The van der Waals surface area contributed by atoms with Gasteiger partial charge in [-0.25, -0.2) is 13.1 Å². The summed E-state index contributed by atoms with van der Waals surface area (Å²) in [6.45, 7) is 1.14. The molecule has 0 heterocycles. The highest BCUT2D eigenvalue weighted by atomic mass is 35.5. The molecule has 2 aromatic rings. The second-order valence-corrected chi connectivity index (χ2v) is 8.29. The number of sulfonamides is 1. The summed E-state index contributed by atoms with van der Waals surface area (Å²) >= 11 is 5.93. The highest BCUT2D eigenvalue weighted by Gasteiger charge is 2.31. The van der Waals surface area contributed by atoms with E-state index in [0.717, 1.165) is 23.8 Å². The van der Waals surface area contributed by atoms with Gasteiger partial charge in [0.25, 0.3) is 0 Å². The first kappa shape index (κ1) is 22.2. The van der Waals surface area contributed by atoms with Crippen LogP contribution in [0, 0.1) is 0 Å². The van der Waals surface area contributed by atoms with Crippen molar-refractivity contribution in [2.24, 2.45) is 0 Å². The lowest BCUT2D eigenvalue weighted by atomic mass is 10.1. The topological polar surface area (TPSA) is 66.5 Å². The van der Waals surface area contributed by atoms with E-state index in [1.165, 1.54) is 11.9 Å². The van der Waals surface area contributed by atoms with Gasteiger partial charge in [0.15, 0.2) is 0 Å².